The molecule has 0 amide bonds. The molecule has 0 saturated carbocycles. The zero-order chi connectivity index (χ0) is 24.2. The van der Waals surface area contributed by atoms with Crippen LogP contribution in [0.25, 0.3) is 0 Å². The van der Waals surface area contributed by atoms with Crippen LogP contribution in [0, 0.1) is 16.2 Å². The minimum Gasteiger partial charge on any atom is -0.759 e. The van der Waals surface area contributed by atoms with E-state index in [1.165, 1.54) is 0 Å². The molecule has 26 heteroatoms. The van der Waals surface area contributed by atoms with Gasteiger partial charge in [-0.1, -0.05) is 0 Å². The fraction of sp³-hybridized carbons (Fsp3) is 0. The first-order valence-electron chi connectivity index (χ1n) is 4.48. The molecule has 0 atom stereocenters. The number of nitrogens with two attached hydrogens (primary N) is 6. The van der Waals surface area contributed by atoms with Crippen LogP contribution in [0.1, 0.15) is 0 Å². The molecule has 29 heavy (non-hydrogen) atoms. The predicted molar refractivity (Wildman–Crippen MR) is 91.2 cm³/mol. The van der Waals surface area contributed by atoms with Gasteiger partial charge in [-0.2, -0.15) is 0 Å². The molecule has 0 aromatic heterocycles. The van der Waals surface area contributed by atoms with Gasteiger partial charge >= 0.3 is 34.7 Å². The summed E-state index contributed by atoms with van der Waals surface area (Å²) in [5, 5.41) is 18.2. The van der Waals surface area contributed by atoms with Crippen molar-refractivity contribution in [3.8, 4) is 0 Å². The summed E-state index contributed by atoms with van der Waals surface area (Å²) in [5.74, 6) is -1.000. The Hall–Kier alpha value is -1.52. The topological polar surface area (TPSA) is 468 Å². The van der Waals surface area contributed by atoms with E-state index in [1.807, 2.05) is 0 Å². The molecule has 0 saturated heterocycles. The first-order chi connectivity index (χ1) is 11.2. The van der Waals surface area contributed by atoms with E-state index in [2.05, 4.69) is 34.4 Å². The number of guanidine groups is 3. The van der Waals surface area contributed by atoms with Crippen LogP contribution in [-0.4, -0.2) is 105 Å². The normalized spacial score (nSPS) is 8.48. The minimum atomic E-state index is -5.17. The summed E-state index contributed by atoms with van der Waals surface area (Å²) in [5.41, 5.74) is 26.8. The Kier molecular flexibility index (Phi) is 46.4. The summed E-state index contributed by atoms with van der Waals surface area (Å²) in [6.07, 6.45) is 0. The maximum Gasteiger partial charge on any atom is 3.00 e. The van der Waals surface area contributed by atoms with E-state index in [4.69, 9.17) is 68.8 Å². The number of nitrogens with one attached hydrogen (secondary N) is 3. The minimum absolute atomic E-state index is 0. The van der Waals surface area contributed by atoms with Gasteiger partial charge in [-0.3, -0.25) is 41.5 Å². The number of hydrogen-bond donors (Lipinski definition) is 9. The first-order valence-corrected chi connectivity index (χ1v) is 8.48. The van der Waals surface area contributed by atoms with Crippen molar-refractivity contribution in [3.05, 3.63) is 0 Å². The average Bonchev–Trinajstić information content (AvgIpc) is 2.01. The first kappa shape index (κ1) is 50.8. The second-order valence-electron chi connectivity index (χ2n) is 2.59. The quantitative estimate of drug-likeness (QED) is 0.0471. The SMILES string of the molecule is N=C(N)N.N=C(N)N.N=C(N)N.O=S(=O)([O-])[O-].O=S(=O)([O-])[O-].O=S(=O)([O-])[O-].[Al+3].[Al+3]. The van der Waals surface area contributed by atoms with Crippen LogP contribution >= 0.6 is 0 Å². The molecule has 0 aliphatic heterocycles. The van der Waals surface area contributed by atoms with Gasteiger partial charge in [0.15, 0.2) is 17.9 Å². The van der Waals surface area contributed by atoms with Crippen LogP contribution < -0.4 is 34.4 Å². The van der Waals surface area contributed by atoms with Crippen LogP contribution in [-0.2, 0) is 31.2 Å². The van der Waals surface area contributed by atoms with Gasteiger partial charge in [-0.15, -0.1) is 0 Å². The van der Waals surface area contributed by atoms with Crippen LogP contribution in [0.15, 0.2) is 0 Å². The van der Waals surface area contributed by atoms with Crippen molar-refractivity contribution in [3.63, 3.8) is 0 Å². The fourth-order valence-corrected chi connectivity index (χ4v) is 0. The molecule has 0 aliphatic rings. The zero-order valence-corrected chi connectivity index (χ0v) is 18.5. The van der Waals surface area contributed by atoms with Crippen LogP contribution in [0.2, 0.25) is 0 Å². The van der Waals surface area contributed by atoms with Gasteiger partial charge in [0, 0.05) is 31.2 Å². The molecule has 0 aliphatic carbocycles. The van der Waals surface area contributed by atoms with E-state index in [9.17, 15) is 0 Å². The standard InChI is InChI=1S/3CH5N3.2Al.3H2O4S/c3*2-1(3)4;;;3*1-5(2,3)4/h3*(H5,2,3,4);;;3*(H2,1,2,3,4)/q;;;2*+3;;;/p-6. The third kappa shape index (κ3) is 6920. The zero-order valence-electron chi connectivity index (χ0n) is 13.7. The molecule has 168 valence electrons. The summed E-state index contributed by atoms with van der Waals surface area (Å²) in [6, 6.07) is 0. The van der Waals surface area contributed by atoms with Gasteiger partial charge in [-0.25, -0.2) is 0 Å². The Labute approximate surface area is 186 Å². The second-order valence-corrected chi connectivity index (χ2v) is 5.04. The van der Waals surface area contributed by atoms with Crippen molar-refractivity contribution >= 4 is 83.8 Å². The van der Waals surface area contributed by atoms with E-state index >= 15 is 0 Å². The molecule has 0 heterocycles. The monoisotopic (exact) mass is 519 g/mol. The van der Waals surface area contributed by atoms with Gasteiger partial charge in [0.05, 0.1) is 0 Å². The van der Waals surface area contributed by atoms with E-state index < -0.39 is 31.2 Å². The van der Waals surface area contributed by atoms with Gasteiger partial charge in [0.25, 0.3) is 0 Å². The second kappa shape index (κ2) is 26.5. The summed E-state index contributed by atoms with van der Waals surface area (Å²) < 4.78 is 102. The van der Waals surface area contributed by atoms with Crippen molar-refractivity contribution in [2.24, 2.45) is 34.4 Å². The molecule has 15 N–H and O–H groups in total. The molecule has 0 unspecified atom stereocenters. The van der Waals surface area contributed by atoms with Crippen LogP contribution in [0.5, 0.6) is 0 Å². The van der Waals surface area contributed by atoms with Gasteiger partial charge in [0.1, 0.15) is 0 Å². The third-order valence-electron chi connectivity index (χ3n) is 0. The van der Waals surface area contributed by atoms with Crippen molar-refractivity contribution in [1.29, 1.82) is 16.2 Å². The average molecular weight is 519 g/mol. The Balaban J connectivity index is -0.0000000301. The predicted octanol–water partition coefficient (Wildman–Crippen LogP) is -8.26. The largest absolute Gasteiger partial charge is 3.00 e. The molecular weight excluding hydrogens is 504 g/mol. The third-order valence-corrected chi connectivity index (χ3v) is 0. The molecule has 0 aromatic rings. The molecule has 0 bridgehead atoms. The summed E-state index contributed by atoms with van der Waals surface area (Å²) in [7, 11) is -15.5. The fourth-order valence-electron chi connectivity index (χ4n) is 0. The summed E-state index contributed by atoms with van der Waals surface area (Å²) in [6.45, 7) is 0. The van der Waals surface area contributed by atoms with E-state index in [0.717, 1.165) is 0 Å². The maximum absolute atomic E-state index is 8.52. The van der Waals surface area contributed by atoms with Gasteiger partial charge in [-0.05, 0) is 0 Å². The van der Waals surface area contributed by atoms with Gasteiger partial charge < -0.3 is 61.7 Å². The molecular formula is C3H15Al2N9O12S3. The summed E-state index contributed by atoms with van der Waals surface area (Å²) in [4.78, 5) is 0. The van der Waals surface area contributed by atoms with E-state index in [1.54, 1.807) is 0 Å². The maximum atomic E-state index is 8.52. The Morgan fingerprint density at radius 3 is 0.448 bits per heavy atom. The molecule has 0 fully saturated rings. The number of hydrogen-bond acceptors (Lipinski definition) is 15. The van der Waals surface area contributed by atoms with E-state index in [-0.39, 0.29) is 52.6 Å². The molecule has 0 rings (SSSR count). The smallest absolute Gasteiger partial charge is 0.759 e. The van der Waals surface area contributed by atoms with Crippen LogP contribution in [0.4, 0.5) is 0 Å². The molecule has 0 spiro atoms. The Bertz CT molecular complexity index is 585. The summed E-state index contributed by atoms with van der Waals surface area (Å²) >= 11 is 0. The van der Waals surface area contributed by atoms with E-state index in [0.29, 0.717) is 0 Å². The van der Waals surface area contributed by atoms with Crippen molar-refractivity contribution < 1.29 is 52.6 Å². The molecule has 21 nitrogen and oxygen atoms in total. The van der Waals surface area contributed by atoms with Crippen LogP contribution in [0.3, 0.4) is 0 Å². The van der Waals surface area contributed by atoms with Crippen molar-refractivity contribution in [2.75, 3.05) is 0 Å². The molecule has 0 aromatic carbocycles. The van der Waals surface area contributed by atoms with Crippen molar-refractivity contribution in [2.45, 2.75) is 0 Å². The Morgan fingerprint density at radius 1 is 0.448 bits per heavy atom. The van der Waals surface area contributed by atoms with Crippen molar-refractivity contribution in [1.82, 2.24) is 0 Å². The molecule has 0 radical (unpaired) electrons. The number of rotatable bonds is 0. The van der Waals surface area contributed by atoms with Gasteiger partial charge in [0.2, 0.25) is 0 Å². The Morgan fingerprint density at radius 2 is 0.448 bits per heavy atom.